The molecule has 2 heteroatoms. The first-order chi connectivity index (χ1) is 7.70. The zero-order valence-electron chi connectivity index (χ0n) is 9.33. The summed E-state index contributed by atoms with van der Waals surface area (Å²) < 4.78 is 18.4. The Bertz CT molecular complexity index is 506. The van der Waals surface area contributed by atoms with E-state index in [1.807, 2.05) is 31.2 Å². The summed E-state index contributed by atoms with van der Waals surface area (Å²) in [6, 6.07) is 12.4. The molecule has 0 heterocycles. The summed E-state index contributed by atoms with van der Waals surface area (Å²) in [6.45, 7) is 2.00. The summed E-state index contributed by atoms with van der Waals surface area (Å²) in [6.07, 6.45) is 0. The van der Waals surface area contributed by atoms with Gasteiger partial charge in [-0.3, -0.25) is 0 Å². The van der Waals surface area contributed by atoms with E-state index in [1.165, 1.54) is 12.1 Å². The molecule has 0 aliphatic carbocycles. The Morgan fingerprint density at radius 2 is 1.88 bits per heavy atom. The Kier molecular flexibility index (Phi) is 2.91. The zero-order valence-corrected chi connectivity index (χ0v) is 9.33. The van der Waals surface area contributed by atoms with Gasteiger partial charge in [-0.2, -0.15) is 0 Å². The second-order valence-corrected chi connectivity index (χ2v) is 3.71. The van der Waals surface area contributed by atoms with E-state index in [0.717, 1.165) is 22.4 Å². The molecular weight excluding hydrogens is 203 g/mol. The SMILES string of the molecule is COc1ccc(C)cc1-c1cccc(F)c1. The van der Waals surface area contributed by atoms with Crippen LogP contribution in [-0.2, 0) is 0 Å². The van der Waals surface area contributed by atoms with Gasteiger partial charge in [-0.25, -0.2) is 4.39 Å². The smallest absolute Gasteiger partial charge is 0.126 e. The monoisotopic (exact) mass is 216 g/mol. The van der Waals surface area contributed by atoms with Gasteiger partial charge in [0, 0.05) is 5.56 Å². The Balaban J connectivity index is 2.58. The number of aryl methyl sites for hydroxylation is 1. The van der Waals surface area contributed by atoms with Gasteiger partial charge in [0.2, 0.25) is 0 Å². The molecule has 82 valence electrons. The van der Waals surface area contributed by atoms with Crippen LogP contribution in [0.25, 0.3) is 11.1 Å². The van der Waals surface area contributed by atoms with Crippen molar-refractivity contribution in [3.05, 3.63) is 53.8 Å². The molecule has 0 aliphatic rings. The van der Waals surface area contributed by atoms with Gasteiger partial charge in [0.1, 0.15) is 11.6 Å². The van der Waals surface area contributed by atoms with Gasteiger partial charge < -0.3 is 4.74 Å². The van der Waals surface area contributed by atoms with Gasteiger partial charge in [0.25, 0.3) is 0 Å². The first-order valence-corrected chi connectivity index (χ1v) is 5.11. The number of ether oxygens (including phenoxy) is 1. The number of methoxy groups -OCH3 is 1. The molecule has 1 nitrogen and oxygen atoms in total. The molecule has 2 rings (SSSR count). The molecule has 2 aromatic rings. The molecule has 0 fully saturated rings. The molecule has 0 bridgehead atoms. The highest BCUT2D eigenvalue weighted by atomic mass is 19.1. The third-order valence-corrected chi connectivity index (χ3v) is 2.49. The molecule has 0 unspecified atom stereocenters. The van der Waals surface area contributed by atoms with Crippen molar-refractivity contribution in [3.63, 3.8) is 0 Å². The van der Waals surface area contributed by atoms with Crippen LogP contribution in [0.5, 0.6) is 5.75 Å². The van der Waals surface area contributed by atoms with Gasteiger partial charge in [-0.05, 0) is 36.8 Å². The van der Waals surface area contributed by atoms with Crippen molar-refractivity contribution < 1.29 is 9.13 Å². The van der Waals surface area contributed by atoms with Gasteiger partial charge in [-0.1, -0.05) is 23.8 Å². The van der Waals surface area contributed by atoms with E-state index in [0.29, 0.717) is 0 Å². The highest BCUT2D eigenvalue weighted by Crippen LogP contribution is 2.30. The summed E-state index contributed by atoms with van der Waals surface area (Å²) in [4.78, 5) is 0. The van der Waals surface area contributed by atoms with Crippen LogP contribution in [0.3, 0.4) is 0 Å². The first-order valence-electron chi connectivity index (χ1n) is 5.11. The zero-order chi connectivity index (χ0) is 11.5. The topological polar surface area (TPSA) is 9.23 Å². The standard InChI is InChI=1S/C14H13FO/c1-10-6-7-14(16-2)13(8-10)11-4-3-5-12(15)9-11/h3-9H,1-2H3. The minimum Gasteiger partial charge on any atom is -0.496 e. The third kappa shape index (κ3) is 2.06. The average Bonchev–Trinajstić information content (AvgIpc) is 2.29. The largest absolute Gasteiger partial charge is 0.496 e. The van der Waals surface area contributed by atoms with E-state index in [1.54, 1.807) is 13.2 Å². The molecule has 0 aromatic heterocycles. The Morgan fingerprint density at radius 3 is 2.56 bits per heavy atom. The maximum Gasteiger partial charge on any atom is 0.126 e. The summed E-state index contributed by atoms with van der Waals surface area (Å²) in [5.74, 6) is 0.525. The van der Waals surface area contributed by atoms with Crippen LogP contribution in [0.15, 0.2) is 42.5 Å². The molecule has 0 aliphatic heterocycles. The Hall–Kier alpha value is -1.83. The lowest BCUT2D eigenvalue weighted by Gasteiger charge is -2.09. The van der Waals surface area contributed by atoms with Gasteiger partial charge >= 0.3 is 0 Å². The Morgan fingerprint density at radius 1 is 1.06 bits per heavy atom. The van der Waals surface area contributed by atoms with E-state index in [2.05, 4.69) is 0 Å². The average molecular weight is 216 g/mol. The fourth-order valence-electron chi connectivity index (χ4n) is 1.70. The second kappa shape index (κ2) is 4.35. The molecule has 0 spiro atoms. The molecule has 0 N–H and O–H groups in total. The number of rotatable bonds is 2. The van der Waals surface area contributed by atoms with Gasteiger partial charge in [0.15, 0.2) is 0 Å². The second-order valence-electron chi connectivity index (χ2n) is 3.71. The fourth-order valence-corrected chi connectivity index (χ4v) is 1.70. The summed E-state index contributed by atoms with van der Waals surface area (Å²) in [7, 11) is 1.62. The number of halogens is 1. The van der Waals surface area contributed by atoms with Crippen molar-refractivity contribution in [1.29, 1.82) is 0 Å². The van der Waals surface area contributed by atoms with Crippen molar-refractivity contribution in [2.45, 2.75) is 6.92 Å². The van der Waals surface area contributed by atoms with E-state index < -0.39 is 0 Å². The van der Waals surface area contributed by atoms with Crippen molar-refractivity contribution in [3.8, 4) is 16.9 Å². The van der Waals surface area contributed by atoms with Crippen LogP contribution < -0.4 is 4.74 Å². The maximum absolute atomic E-state index is 13.1. The predicted octanol–water partition coefficient (Wildman–Crippen LogP) is 3.81. The normalized spacial score (nSPS) is 10.2. The van der Waals surface area contributed by atoms with Crippen molar-refractivity contribution in [2.24, 2.45) is 0 Å². The lowest BCUT2D eigenvalue weighted by atomic mass is 10.0. The van der Waals surface area contributed by atoms with Crippen molar-refractivity contribution in [1.82, 2.24) is 0 Å². The summed E-state index contributed by atoms with van der Waals surface area (Å²) in [5.41, 5.74) is 2.88. The first kappa shape index (κ1) is 10.7. The lowest BCUT2D eigenvalue weighted by Crippen LogP contribution is -1.89. The van der Waals surface area contributed by atoms with Gasteiger partial charge in [-0.15, -0.1) is 0 Å². The molecule has 16 heavy (non-hydrogen) atoms. The molecule has 2 aromatic carbocycles. The van der Waals surface area contributed by atoms with Crippen molar-refractivity contribution >= 4 is 0 Å². The molecule has 0 saturated carbocycles. The van der Waals surface area contributed by atoms with E-state index >= 15 is 0 Å². The quantitative estimate of drug-likeness (QED) is 0.741. The third-order valence-electron chi connectivity index (χ3n) is 2.49. The van der Waals surface area contributed by atoms with Crippen LogP contribution >= 0.6 is 0 Å². The lowest BCUT2D eigenvalue weighted by molar-refractivity contribution is 0.416. The van der Waals surface area contributed by atoms with Gasteiger partial charge in [0.05, 0.1) is 7.11 Å². The Labute approximate surface area is 94.5 Å². The highest BCUT2D eigenvalue weighted by molar-refractivity contribution is 5.71. The molecule has 0 saturated heterocycles. The number of benzene rings is 2. The van der Waals surface area contributed by atoms with E-state index in [9.17, 15) is 4.39 Å². The highest BCUT2D eigenvalue weighted by Gasteiger charge is 2.06. The van der Waals surface area contributed by atoms with Crippen LogP contribution in [0.2, 0.25) is 0 Å². The van der Waals surface area contributed by atoms with Crippen LogP contribution in [-0.4, -0.2) is 7.11 Å². The minimum atomic E-state index is -0.235. The summed E-state index contributed by atoms with van der Waals surface area (Å²) >= 11 is 0. The summed E-state index contributed by atoms with van der Waals surface area (Å²) in [5, 5.41) is 0. The van der Waals surface area contributed by atoms with Crippen LogP contribution in [0.1, 0.15) is 5.56 Å². The molecular formula is C14H13FO. The fraction of sp³-hybridized carbons (Fsp3) is 0.143. The predicted molar refractivity (Wildman–Crippen MR) is 63.1 cm³/mol. The number of hydrogen-bond donors (Lipinski definition) is 0. The molecule has 0 atom stereocenters. The van der Waals surface area contributed by atoms with E-state index in [4.69, 9.17) is 4.74 Å². The number of hydrogen-bond acceptors (Lipinski definition) is 1. The molecule has 0 amide bonds. The van der Waals surface area contributed by atoms with Crippen LogP contribution in [0.4, 0.5) is 4.39 Å². The molecule has 0 radical (unpaired) electrons. The van der Waals surface area contributed by atoms with E-state index in [-0.39, 0.29) is 5.82 Å². The maximum atomic E-state index is 13.1. The van der Waals surface area contributed by atoms with Crippen molar-refractivity contribution in [2.75, 3.05) is 7.11 Å². The van der Waals surface area contributed by atoms with Crippen LogP contribution in [0, 0.1) is 12.7 Å². The minimum absolute atomic E-state index is 0.235.